The van der Waals surface area contributed by atoms with Crippen LogP contribution in [0.3, 0.4) is 0 Å². The number of methoxy groups -OCH3 is 1. The van der Waals surface area contributed by atoms with Gasteiger partial charge in [-0.2, -0.15) is 0 Å². The van der Waals surface area contributed by atoms with Crippen LogP contribution in [-0.4, -0.2) is 19.9 Å². The molecular formula is C13H25FO. The van der Waals surface area contributed by atoms with E-state index in [1.165, 1.54) is 0 Å². The summed E-state index contributed by atoms with van der Waals surface area (Å²) >= 11 is 0. The molecule has 0 aliphatic heterocycles. The van der Waals surface area contributed by atoms with Crippen LogP contribution in [0.15, 0.2) is 12.7 Å². The van der Waals surface area contributed by atoms with E-state index in [0.29, 0.717) is 19.4 Å². The van der Waals surface area contributed by atoms with E-state index in [-0.39, 0.29) is 5.41 Å². The van der Waals surface area contributed by atoms with E-state index in [9.17, 15) is 4.39 Å². The Kier molecular flexibility index (Phi) is 7.67. The second-order valence-corrected chi connectivity index (χ2v) is 4.63. The molecule has 0 N–H and O–H groups in total. The van der Waals surface area contributed by atoms with Crippen molar-refractivity contribution < 1.29 is 9.13 Å². The molecule has 0 aromatic heterocycles. The average Bonchev–Trinajstić information content (AvgIpc) is 2.18. The number of alkyl halides is 1. The molecule has 0 fully saturated rings. The van der Waals surface area contributed by atoms with Gasteiger partial charge in [-0.05, 0) is 37.5 Å². The Morgan fingerprint density at radius 3 is 2.67 bits per heavy atom. The van der Waals surface area contributed by atoms with E-state index in [0.717, 1.165) is 19.3 Å². The minimum atomic E-state index is -0.700. The zero-order valence-electron chi connectivity index (χ0n) is 10.4. The van der Waals surface area contributed by atoms with Gasteiger partial charge in [-0.3, -0.25) is 0 Å². The van der Waals surface area contributed by atoms with Crippen molar-refractivity contribution in [2.45, 2.75) is 52.1 Å². The molecule has 0 aromatic rings. The summed E-state index contributed by atoms with van der Waals surface area (Å²) in [7, 11) is 1.69. The molecule has 0 aliphatic rings. The molecule has 2 heteroatoms. The van der Waals surface area contributed by atoms with Crippen LogP contribution in [0.5, 0.6) is 0 Å². The van der Waals surface area contributed by atoms with Crippen molar-refractivity contribution in [3.63, 3.8) is 0 Å². The van der Waals surface area contributed by atoms with E-state index < -0.39 is 6.17 Å². The monoisotopic (exact) mass is 216 g/mol. The van der Waals surface area contributed by atoms with E-state index in [4.69, 9.17) is 4.74 Å². The van der Waals surface area contributed by atoms with E-state index in [1.807, 2.05) is 13.0 Å². The Labute approximate surface area is 93.7 Å². The smallest absolute Gasteiger partial charge is 0.100 e. The highest BCUT2D eigenvalue weighted by atomic mass is 19.1. The van der Waals surface area contributed by atoms with Crippen LogP contribution in [0, 0.1) is 5.41 Å². The van der Waals surface area contributed by atoms with Gasteiger partial charge in [0.15, 0.2) is 0 Å². The van der Waals surface area contributed by atoms with Crippen molar-refractivity contribution >= 4 is 0 Å². The largest absolute Gasteiger partial charge is 0.384 e. The lowest BCUT2D eigenvalue weighted by atomic mass is 9.80. The summed E-state index contributed by atoms with van der Waals surface area (Å²) in [6, 6.07) is 0. The summed E-state index contributed by atoms with van der Waals surface area (Å²) < 4.78 is 18.6. The number of halogens is 1. The molecule has 0 saturated carbocycles. The first-order valence-corrected chi connectivity index (χ1v) is 5.82. The number of rotatable bonds is 9. The first kappa shape index (κ1) is 14.6. The van der Waals surface area contributed by atoms with Crippen LogP contribution in [0.25, 0.3) is 0 Å². The quantitative estimate of drug-likeness (QED) is 0.416. The maximum atomic E-state index is 13.4. The number of hydrogen-bond donors (Lipinski definition) is 0. The summed E-state index contributed by atoms with van der Waals surface area (Å²) in [4.78, 5) is 0. The predicted octanol–water partition coefficient (Wildman–Crippen LogP) is 4.13. The molecule has 0 unspecified atom stereocenters. The molecule has 2 atom stereocenters. The van der Waals surface area contributed by atoms with Crippen LogP contribution >= 0.6 is 0 Å². The maximum Gasteiger partial charge on any atom is 0.100 e. The summed E-state index contributed by atoms with van der Waals surface area (Å²) in [5, 5.41) is 0. The Hall–Kier alpha value is -0.370. The molecule has 0 spiro atoms. The fourth-order valence-corrected chi connectivity index (χ4v) is 1.93. The first-order chi connectivity index (χ1) is 7.08. The van der Waals surface area contributed by atoms with Gasteiger partial charge in [-0.15, -0.1) is 6.58 Å². The lowest BCUT2D eigenvalue weighted by Crippen LogP contribution is -2.26. The highest BCUT2D eigenvalue weighted by Gasteiger charge is 2.27. The zero-order chi connectivity index (χ0) is 11.7. The molecule has 0 heterocycles. The topological polar surface area (TPSA) is 9.23 Å². The number of unbranched alkanes of at least 4 members (excludes halogenated alkanes) is 1. The van der Waals surface area contributed by atoms with Crippen LogP contribution in [0.2, 0.25) is 0 Å². The summed E-state index contributed by atoms with van der Waals surface area (Å²) in [5.41, 5.74) is -0.0206. The Bertz CT molecular complexity index is 170. The number of allylic oxidation sites excluding steroid dienone is 1. The molecule has 90 valence electrons. The van der Waals surface area contributed by atoms with Gasteiger partial charge in [-0.25, -0.2) is 4.39 Å². The number of hydrogen-bond acceptors (Lipinski definition) is 1. The molecule has 0 saturated heterocycles. The molecule has 0 radical (unpaired) electrons. The van der Waals surface area contributed by atoms with Crippen molar-refractivity contribution in [2.75, 3.05) is 13.7 Å². The van der Waals surface area contributed by atoms with E-state index >= 15 is 0 Å². The van der Waals surface area contributed by atoms with Gasteiger partial charge in [-0.1, -0.05) is 19.9 Å². The third-order valence-electron chi connectivity index (χ3n) is 2.84. The van der Waals surface area contributed by atoms with Crippen molar-refractivity contribution in [3.05, 3.63) is 12.7 Å². The van der Waals surface area contributed by atoms with E-state index in [1.54, 1.807) is 7.11 Å². The molecular weight excluding hydrogens is 191 g/mol. The highest BCUT2D eigenvalue weighted by molar-refractivity contribution is 4.79. The summed E-state index contributed by atoms with van der Waals surface area (Å²) in [5.74, 6) is 0. The SMILES string of the molecule is C=CCCC[C@@](C)(COC)C[C@@H](F)CC. The van der Waals surface area contributed by atoms with Crippen LogP contribution < -0.4 is 0 Å². The van der Waals surface area contributed by atoms with Crippen LogP contribution in [-0.2, 0) is 4.74 Å². The Morgan fingerprint density at radius 1 is 1.53 bits per heavy atom. The number of ether oxygens (including phenoxy) is 1. The predicted molar refractivity (Wildman–Crippen MR) is 63.8 cm³/mol. The van der Waals surface area contributed by atoms with Crippen molar-refractivity contribution in [1.82, 2.24) is 0 Å². The lowest BCUT2D eigenvalue weighted by molar-refractivity contribution is 0.0557. The highest BCUT2D eigenvalue weighted by Crippen LogP contribution is 2.32. The summed E-state index contributed by atoms with van der Waals surface area (Å²) in [6.07, 6.45) is 5.50. The fraction of sp³-hybridized carbons (Fsp3) is 0.846. The van der Waals surface area contributed by atoms with E-state index in [2.05, 4.69) is 13.5 Å². The molecule has 1 nitrogen and oxygen atoms in total. The van der Waals surface area contributed by atoms with Gasteiger partial charge in [0.2, 0.25) is 0 Å². The Morgan fingerprint density at radius 2 is 2.20 bits per heavy atom. The molecule has 15 heavy (non-hydrogen) atoms. The minimum Gasteiger partial charge on any atom is -0.384 e. The second-order valence-electron chi connectivity index (χ2n) is 4.63. The third-order valence-corrected chi connectivity index (χ3v) is 2.84. The molecule has 0 aliphatic carbocycles. The minimum absolute atomic E-state index is 0.0206. The summed E-state index contributed by atoms with van der Waals surface area (Å²) in [6.45, 7) is 8.34. The third kappa shape index (κ3) is 6.67. The van der Waals surface area contributed by atoms with Crippen molar-refractivity contribution in [2.24, 2.45) is 5.41 Å². The fourth-order valence-electron chi connectivity index (χ4n) is 1.93. The average molecular weight is 216 g/mol. The van der Waals surface area contributed by atoms with Gasteiger partial charge in [0.25, 0.3) is 0 Å². The first-order valence-electron chi connectivity index (χ1n) is 5.82. The zero-order valence-corrected chi connectivity index (χ0v) is 10.4. The van der Waals surface area contributed by atoms with Crippen LogP contribution in [0.1, 0.15) is 46.0 Å². The molecule has 0 bridgehead atoms. The van der Waals surface area contributed by atoms with Crippen molar-refractivity contribution in [1.29, 1.82) is 0 Å². The molecule has 0 rings (SSSR count). The second kappa shape index (κ2) is 7.86. The van der Waals surface area contributed by atoms with Gasteiger partial charge < -0.3 is 4.74 Å². The van der Waals surface area contributed by atoms with Gasteiger partial charge >= 0.3 is 0 Å². The molecule has 0 amide bonds. The molecule has 0 aromatic carbocycles. The maximum absolute atomic E-state index is 13.4. The van der Waals surface area contributed by atoms with Gasteiger partial charge in [0.1, 0.15) is 6.17 Å². The normalized spacial score (nSPS) is 17.1. The van der Waals surface area contributed by atoms with Crippen LogP contribution in [0.4, 0.5) is 4.39 Å². The van der Waals surface area contributed by atoms with Crippen molar-refractivity contribution in [3.8, 4) is 0 Å². The lowest BCUT2D eigenvalue weighted by Gasteiger charge is -2.30. The van der Waals surface area contributed by atoms with Gasteiger partial charge in [0.05, 0.1) is 6.61 Å². The standard InChI is InChI=1S/C13H25FO/c1-5-7-8-9-13(3,11-15-4)10-12(14)6-2/h5,12H,1,6-11H2,2-4H3/t12-,13+/m0/s1. The Balaban J connectivity index is 4.10. The van der Waals surface area contributed by atoms with Gasteiger partial charge in [0, 0.05) is 7.11 Å².